The van der Waals surface area contributed by atoms with Gasteiger partial charge in [-0.15, -0.1) is 0 Å². The number of carbonyl (C=O) groups excluding carboxylic acids is 2. The summed E-state index contributed by atoms with van der Waals surface area (Å²) in [5.74, 6) is 4.06. The molecule has 0 aliphatic carbocycles. The zero-order valence-electron chi connectivity index (χ0n) is 7.94. The molecule has 0 spiro atoms. The number of hydrazine groups is 1. The van der Waals surface area contributed by atoms with Crippen LogP contribution in [0.1, 0.15) is 15.9 Å². The van der Waals surface area contributed by atoms with Crippen molar-refractivity contribution in [2.75, 3.05) is 0 Å². The van der Waals surface area contributed by atoms with E-state index < -0.39 is 5.91 Å². The van der Waals surface area contributed by atoms with Crippen LogP contribution in [0.15, 0.2) is 30.3 Å². The van der Waals surface area contributed by atoms with Gasteiger partial charge in [0.25, 0.3) is 5.91 Å². The van der Waals surface area contributed by atoms with E-state index in [-0.39, 0.29) is 5.91 Å². The van der Waals surface area contributed by atoms with Gasteiger partial charge in [0.05, 0.1) is 0 Å². The van der Waals surface area contributed by atoms with Crippen molar-refractivity contribution in [1.29, 1.82) is 0 Å². The molecule has 1 aromatic rings. The number of nitrogen functional groups attached to an aromatic ring is 1. The minimum atomic E-state index is -0.538. The number of hydrogen-bond donors (Lipinski definition) is 3. The van der Waals surface area contributed by atoms with Crippen LogP contribution in [-0.2, 0) is 4.79 Å². The van der Waals surface area contributed by atoms with Gasteiger partial charge in [-0.1, -0.05) is 12.1 Å². The summed E-state index contributed by atoms with van der Waals surface area (Å²) in [6, 6.07) is 6.64. The predicted octanol–water partition coefficient (Wildman–Crippen LogP) is -0.211. The van der Waals surface area contributed by atoms with Crippen molar-refractivity contribution < 1.29 is 9.59 Å². The van der Waals surface area contributed by atoms with Crippen molar-refractivity contribution in [1.82, 2.24) is 5.43 Å². The van der Waals surface area contributed by atoms with Crippen LogP contribution >= 0.6 is 0 Å². The van der Waals surface area contributed by atoms with Gasteiger partial charge >= 0.3 is 0 Å². The van der Waals surface area contributed by atoms with Crippen molar-refractivity contribution in [3.05, 3.63) is 41.5 Å². The summed E-state index contributed by atoms with van der Waals surface area (Å²) in [5, 5.41) is 0. The molecule has 0 saturated carbocycles. The molecule has 0 radical (unpaired) electrons. The first-order valence-electron chi connectivity index (χ1n) is 4.22. The van der Waals surface area contributed by atoms with Crippen molar-refractivity contribution in [2.45, 2.75) is 0 Å². The van der Waals surface area contributed by atoms with Crippen LogP contribution in [0.25, 0.3) is 6.08 Å². The number of amides is 2. The summed E-state index contributed by atoms with van der Waals surface area (Å²) in [5.41, 5.74) is 8.08. The lowest BCUT2D eigenvalue weighted by molar-refractivity contribution is -0.113. The molecule has 0 fully saturated rings. The summed E-state index contributed by atoms with van der Waals surface area (Å²) in [7, 11) is 0. The Morgan fingerprint density at radius 1 is 1.33 bits per heavy atom. The summed E-state index contributed by atoms with van der Waals surface area (Å²) >= 11 is 0. The smallest absolute Gasteiger partial charge is 0.265 e. The van der Waals surface area contributed by atoms with Gasteiger partial charge in [-0.25, -0.2) is 5.84 Å². The quantitative estimate of drug-likeness (QED) is 0.275. The average Bonchev–Trinajstić information content (AvgIpc) is 2.25. The third-order valence-electron chi connectivity index (χ3n) is 1.72. The predicted molar refractivity (Wildman–Crippen MR) is 56.3 cm³/mol. The Labute approximate surface area is 86.7 Å². The standard InChI is InChI=1S/C10H11N3O2/c11-9(14)5-4-7-2-1-3-8(6-7)10(15)13-12/h1-6H,12H2,(H2,11,14)(H,13,15). The summed E-state index contributed by atoms with van der Waals surface area (Å²) in [4.78, 5) is 21.6. The first-order chi connectivity index (χ1) is 7.13. The van der Waals surface area contributed by atoms with Gasteiger partial charge in [0.2, 0.25) is 5.91 Å². The number of rotatable bonds is 3. The Morgan fingerprint density at radius 3 is 2.67 bits per heavy atom. The maximum absolute atomic E-state index is 11.2. The highest BCUT2D eigenvalue weighted by Crippen LogP contribution is 2.06. The number of carbonyl (C=O) groups is 2. The molecule has 5 heteroatoms. The largest absolute Gasteiger partial charge is 0.366 e. The van der Waals surface area contributed by atoms with Gasteiger partial charge in [0.1, 0.15) is 0 Å². The van der Waals surface area contributed by atoms with Crippen molar-refractivity contribution in [2.24, 2.45) is 11.6 Å². The van der Waals surface area contributed by atoms with Crippen LogP contribution in [0.3, 0.4) is 0 Å². The molecular formula is C10H11N3O2. The van der Waals surface area contributed by atoms with Gasteiger partial charge in [0, 0.05) is 11.6 Å². The Hall–Kier alpha value is -2.14. The molecule has 2 amide bonds. The van der Waals surface area contributed by atoms with Gasteiger partial charge in [0.15, 0.2) is 0 Å². The SMILES string of the molecule is NNC(=O)c1cccc(C=CC(N)=O)c1. The van der Waals surface area contributed by atoms with E-state index in [2.05, 4.69) is 0 Å². The fraction of sp³-hybridized carbons (Fsp3) is 0. The molecule has 0 aromatic heterocycles. The maximum Gasteiger partial charge on any atom is 0.265 e. The lowest BCUT2D eigenvalue weighted by atomic mass is 10.1. The third-order valence-corrected chi connectivity index (χ3v) is 1.72. The molecule has 0 bridgehead atoms. The second-order valence-electron chi connectivity index (χ2n) is 2.83. The van der Waals surface area contributed by atoms with E-state index in [1.165, 1.54) is 12.2 Å². The molecule has 15 heavy (non-hydrogen) atoms. The molecule has 0 unspecified atom stereocenters. The Bertz CT molecular complexity index is 413. The number of hydrogen-bond acceptors (Lipinski definition) is 3. The van der Waals surface area contributed by atoms with E-state index in [0.29, 0.717) is 11.1 Å². The fourth-order valence-electron chi connectivity index (χ4n) is 1.05. The van der Waals surface area contributed by atoms with E-state index in [9.17, 15) is 9.59 Å². The molecule has 0 aliphatic heterocycles. The molecule has 0 aliphatic rings. The van der Waals surface area contributed by atoms with Crippen LogP contribution in [0, 0.1) is 0 Å². The number of nitrogens with two attached hydrogens (primary N) is 2. The zero-order valence-corrected chi connectivity index (χ0v) is 7.94. The van der Waals surface area contributed by atoms with Crippen molar-refractivity contribution in [3.63, 3.8) is 0 Å². The lowest BCUT2D eigenvalue weighted by Gasteiger charge is -2.00. The van der Waals surface area contributed by atoms with E-state index in [1.54, 1.807) is 24.3 Å². The van der Waals surface area contributed by atoms with Gasteiger partial charge < -0.3 is 5.73 Å². The van der Waals surface area contributed by atoms with E-state index in [1.807, 2.05) is 5.43 Å². The monoisotopic (exact) mass is 205 g/mol. The van der Waals surface area contributed by atoms with Crippen LogP contribution < -0.4 is 17.0 Å². The van der Waals surface area contributed by atoms with Gasteiger partial charge in [-0.05, 0) is 23.8 Å². The fourth-order valence-corrected chi connectivity index (χ4v) is 1.05. The summed E-state index contributed by atoms with van der Waals surface area (Å²) < 4.78 is 0. The number of benzene rings is 1. The first-order valence-corrected chi connectivity index (χ1v) is 4.22. The van der Waals surface area contributed by atoms with Gasteiger partial charge in [-0.3, -0.25) is 15.0 Å². The topological polar surface area (TPSA) is 98.2 Å². The molecule has 0 atom stereocenters. The van der Waals surface area contributed by atoms with Crippen molar-refractivity contribution in [3.8, 4) is 0 Å². The highest BCUT2D eigenvalue weighted by molar-refractivity contribution is 5.95. The average molecular weight is 205 g/mol. The van der Waals surface area contributed by atoms with Crippen molar-refractivity contribution >= 4 is 17.9 Å². The molecule has 0 heterocycles. The minimum absolute atomic E-state index is 0.385. The van der Waals surface area contributed by atoms with Crippen LogP contribution in [0.4, 0.5) is 0 Å². The number of nitrogens with one attached hydrogen (secondary N) is 1. The molecule has 1 rings (SSSR count). The number of primary amides is 1. The van der Waals surface area contributed by atoms with Crippen LogP contribution in [0.2, 0.25) is 0 Å². The normalized spacial score (nSPS) is 10.2. The molecule has 78 valence electrons. The lowest BCUT2D eigenvalue weighted by Crippen LogP contribution is -2.29. The third kappa shape index (κ3) is 3.24. The summed E-state index contributed by atoms with van der Waals surface area (Å²) in [6.45, 7) is 0. The first kappa shape index (κ1) is 10.9. The van der Waals surface area contributed by atoms with Crippen LogP contribution in [-0.4, -0.2) is 11.8 Å². The highest BCUT2D eigenvalue weighted by Gasteiger charge is 2.02. The molecule has 5 nitrogen and oxygen atoms in total. The molecule has 0 saturated heterocycles. The molecular weight excluding hydrogens is 194 g/mol. The van der Waals surface area contributed by atoms with Crippen LogP contribution in [0.5, 0.6) is 0 Å². The second-order valence-corrected chi connectivity index (χ2v) is 2.83. The maximum atomic E-state index is 11.2. The minimum Gasteiger partial charge on any atom is -0.366 e. The second kappa shape index (κ2) is 4.92. The van der Waals surface area contributed by atoms with E-state index >= 15 is 0 Å². The Kier molecular flexibility index (Phi) is 3.59. The molecule has 5 N–H and O–H groups in total. The zero-order chi connectivity index (χ0) is 11.3. The summed E-state index contributed by atoms with van der Waals surface area (Å²) in [6.07, 6.45) is 2.75. The Morgan fingerprint density at radius 2 is 2.07 bits per heavy atom. The Balaban J connectivity index is 2.92. The van der Waals surface area contributed by atoms with E-state index in [4.69, 9.17) is 11.6 Å². The molecule has 1 aromatic carbocycles. The highest BCUT2D eigenvalue weighted by atomic mass is 16.2. The van der Waals surface area contributed by atoms with Gasteiger partial charge in [-0.2, -0.15) is 0 Å². The van der Waals surface area contributed by atoms with E-state index in [0.717, 1.165) is 0 Å².